The molecule has 0 bridgehead atoms. The molecule has 0 unspecified atom stereocenters. The first-order valence-corrected chi connectivity index (χ1v) is 12.0. The molecule has 2 rings (SSSR count). The molecule has 7 nitrogen and oxygen atoms in total. The highest BCUT2D eigenvalue weighted by molar-refractivity contribution is 7.91. The molecule has 168 valence electrons. The Kier molecular flexibility index (Phi) is 9.33. The van der Waals surface area contributed by atoms with E-state index in [1.165, 1.54) is 0 Å². The summed E-state index contributed by atoms with van der Waals surface area (Å²) in [4.78, 5) is 13.8. The van der Waals surface area contributed by atoms with Gasteiger partial charge in [-0.3, -0.25) is 4.79 Å². The van der Waals surface area contributed by atoms with Crippen molar-refractivity contribution in [2.75, 3.05) is 38.0 Å². The topological polar surface area (TPSA) is 88.4 Å². The fourth-order valence-corrected chi connectivity index (χ4v) is 3.97. The van der Waals surface area contributed by atoms with Gasteiger partial charge in [0.05, 0.1) is 28.6 Å². The molecule has 0 amide bonds. The molecule has 8 heteroatoms. The number of hydrogen-bond donors (Lipinski definition) is 0. The Balaban J connectivity index is 1.83. The lowest BCUT2D eigenvalue weighted by molar-refractivity contribution is -0.122. The first-order valence-electron chi connectivity index (χ1n) is 10.3. The molecule has 0 heterocycles. The largest absolute Gasteiger partial charge is 0.381 e. The average molecular weight is 446 g/mol. The maximum Gasteiger partial charge on any atom is 0.178 e. The number of hydrogen-bond acceptors (Lipinski definition) is 7. The van der Waals surface area contributed by atoms with E-state index in [0.717, 1.165) is 11.4 Å². The number of anilines is 1. The van der Waals surface area contributed by atoms with E-state index in [0.29, 0.717) is 31.7 Å². The van der Waals surface area contributed by atoms with Crippen LogP contribution in [0.4, 0.5) is 17.1 Å². The maximum absolute atomic E-state index is 12.5. The molecule has 0 aliphatic carbocycles. The van der Waals surface area contributed by atoms with E-state index in [2.05, 4.69) is 10.2 Å². The van der Waals surface area contributed by atoms with Gasteiger partial charge in [0.2, 0.25) is 0 Å². The molecule has 0 saturated heterocycles. The van der Waals surface area contributed by atoms with Gasteiger partial charge in [-0.25, -0.2) is 8.42 Å². The summed E-state index contributed by atoms with van der Waals surface area (Å²) in [5.74, 6) is 0.134. The predicted molar refractivity (Wildman–Crippen MR) is 123 cm³/mol. The van der Waals surface area contributed by atoms with E-state index >= 15 is 0 Å². The molecule has 0 radical (unpaired) electrons. The Morgan fingerprint density at radius 3 is 2.00 bits per heavy atom. The summed E-state index contributed by atoms with van der Waals surface area (Å²) in [7, 11) is 0.537. The molecule has 0 atom stereocenters. The number of benzene rings is 2. The second-order valence-electron chi connectivity index (χ2n) is 7.76. The van der Waals surface area contributed by atoms with Crippen molar-refractivity contribution < 1.29 is 17.9 Å². The van der Waals surface area contributed by atoms with Gasteiger partial charge < -0.3 is 9.64 Å². The fraction of sp³-hybridized carbons (Fsp3) is 0.435. The van der Waals surface area contributed by atoms with Crippen LogP contribution in [-0.2, 0) is 19.4 Å². The van der Waals surface area contributed by atoms with Crippen molar-refractivity contribution in [3.8, 4) is 0 Å². The third kappa shape index (κ3) is 8.22. The predicted octanol–water partition coefficient (Wildman–Crippen LogP) is 4.96. The lowest BCUT2D eigenvalue weighted by atomic mass is 10.1. The zero-order valence-corrected chi connectivity index (χ0v) is 19.4. The highest BCUT2D eigenvalue weighted by Crippen LogP contribution is 2.23. The molecule has 0 aliphatic heterocycles. The quantitative estimate of drug-likeness (QED) is 0.340. The molecule has 0 spiro atoms. The van der Waals surface area contributed by atoms with Gasteiger partial charge in [-0.1, -0.05) is 13.8 Å². The van der Waals surface area contributed by atoms with Crippen molar-refractivity contribution in [3.63, 3.8) is 0 Å². The van der Waals surface area contributed by atoms with Crippen LogP contribution in [0, 0.1) is 5.92 Å². The summed E-state index contributed by atoms with van der Waals surface area (Å²) in [5.41, 5.74) is 2.37. The van der Waals surface area contributed by atoms with Crippen LogP contribution in [0.25, 0.3) is 0 Å². The summed E-state index contributed by atoms with van der Waals surface area (Å²) in [6, 6.07) is 14.0. The minimum absolute atomic E-state index is 0.00453. The van der Waals surface area contributed by atoms with Crippen LogP contribution in [0.1, 0.15) is 26.7 Å². The number of azo groups is 1. The van der Waals surface area contributed by atoms with Crippen LogP contribution in [0.15, 0.2) is 63.7 Å². The molecule has 0 aromatic heterocycles. The van der Waals surface area contributed by atoms with E-state index in [9.17, 15) is 13.2 Å². The fourth-order valence-electron chi connectivity index (χ4n) is 2.69. The SMILES string of the molecule is CC(C)C(=O)CCOCCCS(=O)(=O)c1ccc(N=Nc2ccc(N(C)C)cc2)cc1. The number of carbonyl (C=O) groups excluding carboxylic acids is 1. The van der Waals surface area contributed by atoms with Crippen molar-refractivity contribution in [1.29, 1.82) is 0 Å². The van der Waals surface area contributed by atoms with Gasteiger partial charge in [-0.15, -0.1) is 0 Å². The van der Waals surface area contributed by atoms with E-state index in [1.54, 1.807) is 24.3 Å². The van der Waals surface area contributed by atoms with Crippen LogP contribution >= 0.6 is 0 Å². The smallest absolute Gasteiger partial charge is 0.178 e. The molecule has 2 aromatic rings. The highest BCUT2D eigenvalue weighted by Gasteiger charge is 2.14. The third-order valence-corrected chi connectivity index (χ3v) is 6.50. The monoisotopic (exact) mass is 445 g/mol. The van der Waals surface area contributed by atoms with Gasteiger partial charge in [0.25, 0.3) is 0 Å². The van der Waals surface area contributed by atoms with Crippen molar-refractivity contribution in [2.24, 2.45) is 16.1 Å². The van der Waals surface area contributed by atoms with Crippen molar-refractivity contribution in [3.05, 3.63) is 48.5 Å². The molecule has 31 heavy (non-hydrogen) atoms. The minimum Gasteiger partial charge on any atom is -0.381 e. The Labute approximate surface area is 185 Å². The van der Waals surface area contributed by atoms with Gasteiger partial charge in [-0.2, -0.15) is 10.2 Å². The van der Waals surface area contributed by atoms with Gasteiger partial charge in [0.1, 0.15) is 5.78 Å². The average Bonchev–Trinajstić information content (AvgIpc) is 2.75. The molecule has 0 fully saturated rings. The van der Waals surface area contributed by atoms with E-state index < -0.39 is 9.84 Å². The number of carbonyl (C=O) groups is 1. The van der Waals surface area contributed by atoms with Crippen molar-refractivity contribution in [1.82, 2.24) is 0 Å². The van der Waals surface area contributed by atoms with Gasteiger partial charge in [0.15, 0.2) is 9.84 Å². The van der Waals surface area contributed by atoms with E-state index in [4.69, 9.17) is 4.74 Å². The van der Waals surface area contributed by atoms with Crippen LogP contribution in [0.3, 0.4) is 0 Å². The number of rotatable bonds is 12. The number of ether oxygens (including phenoxy) is 1. The molecular formula is C23H31N3O4S. The maximum atomic E-state index is 12.5. The van der Waals surface area contributed by atoms with Gasteiger partial charge >= 0.3 is 0 Å². The Morgan fingerprint density at radius 2 is 1.48 bits per heavy atom. The van der Waals surface area contributed by atoms with Crippen LogP contribution in [-0.4, -0.2) is 47.3 Å². The third-order valence-electron chi connectivity index (χ3n) is 4.68. The Bertz CT molecular complexity index is 967. The Hall–Kier alpha value is -2.58. The lowest BCUT2D eigenvalue weighted by Crippen LogP contribution is -2.12. The summed E-state index contributed by atoms with van der Waals surface area (Å²) in [6.07, 6.45) is 0.739. The highest BCUT2D eigenvalue weighted by atomic mass is 32.2. The number of nitrogens with zero attached hydrogens (tertiary/aromatic N) is 3. The molecule has 2 aromatic carbocycles. The summed E-state index contributed by atoms with van der Waals surface area (Å²) < 4.78 is 30.3. The second kappa shape index (κ2) is 11.7. The van der Waals surface area contributed by atoms with E-state index in [-0.39, 0.29) is 22.3 Å². The van der Waals surface area contributed by atoms with E-state index in [1.807, 2.05) is 57.1 Å². The normalized spacial score (nSPS) is 11.9. The van der Waals surface area contributed by atoms with Crippen LogP contribution in [0.5, 0.6) is 0 Å². The molecule has 0 aliphatic rings. The summed E-state index contributed by atoms with van der Waals surface area (Å²) >= 11 is 0. The first kappa shape index (κ1) is 24.7. The minimum atomic E-state index is -3.40. The van der Waals surface area contributed by atoms with Crippen molar-refractivity contribution in [2.45, 2.75) is 31.6 Å². The summed E-state index contributed by atoms with van der Waals surface area (Å²) in [6.45, 7) is 4.34. The molecule has 0 saturated carbocycles. The number of Topliss-reactive ketones (excluding diaryl/α,β-unsaturated/α-hetero) is 1. The zero-order valence-electron chi connectivity index (χ0n) is 18.6. The van der Waals surface area contributed by atoms with Gasteiger partial charge in [0, 0.05) is 38.7 Å². The number of sulfone groups is 1. The Morgan fingerprint density at radius 1 is 0.935 bits per heavy atom. The number of ketones is 1. The van der Waals surface area contributed by atoms with Gasteiger partial charge in [-0.05, 0) is 55.0 Å². The van der Waals surface area contributed by atoms with Crippen LogP contribution < -0.4 is 4.90 Å². The van der Waals surface area contributed by atoms with Crippen molar-refractivity contribution >= 4 is 32.7 Å². The van der Waals surface area contributed by atoms with Crippen LogP contribution in [0.2, 0.25) is 0 Å². The first-order chi connectivity index (χ1) is 14.7. The molecular weight excluding hydrogens is 414 g/mol. The molecule has 0 N–H and O–H groups in total. The standard InChI is InChI=1S/C23H31N3O4S/c1-18(2)23(27)14-16-30-15-5-17-31(28,29)22-12-8-20(9-13-22)25-24-19-6-10-21(11-7-19)26(3)4/h6-13,18H,5,14-17H2,1-4H3. The lowest BCUT2D eigenvalue weighted by Gasteiger charge is -2.11. The summed E-state index contributed by atoms with van der Waals surface area (Å²) in [5, 5.41) is 8.35. The second-order valence-corrected chi connectivity index (χ2v) is 9.87. The zero-order chi connectivity index (χ0) is 22.9.